The fourth-order valence-corrected chi connectivity index (χ4v) is 2.25. The second-order valence-corrected chi connectivity index (χ2v) is 5.60. The monoisotopic (exact) mass is 446 g/mol. The number of carbonyl (C=O) groups excluding carboxylic acids is 1. The van der Waals surface area contributed by atoms with Crippen molar-refractivity contribution >= 4 is 35.8 Å². The van der Waals surface area contributed by atoms with Crippen LogP contribution in [0.15, 0.2) is 29.3 Å². The van der Waals surface area contributed by atoms with E-state index in [1.165, 1.54) is 11.1 Å². The average molecular weight is 446 g/mol. The van der Waals surface area contributed by atoms with Crippen LogP contribution in [-0.4, -0.2) is 44.0 Å². The molecule has 24 heavy (non-hydrogen) atoms. The molecule has 6 heteroatoms. The number of carbonyl (C=O) groups is 1. The number of halogens is 1. The van der Waals surface area contributed by atoms with Gasteiger partial charge in [-0.05, 0) is 24.0 Å². The molecule has 0 aromatic heterocycles. The van der Waals surface area contributed by atoms with Crippen molar-refractivity contribution < 1.29 is 4.79 Å². The first-order valence-electron chi connectivity index (χ1n) is 8.37. The molecule has 0 aliphatic carbocycles. The minimum absolute atomic E-state index is 0. The Kier molecular flexibility index (Phi) is 12.3. The highest BCUT2D eigenvalue weighted by Crippen LogP contribution is 2.07. The van der Waals surface area contributed by atoms with E-state index in [0.717, 1.165) is 31.9 Å². The molecule has 0 heterocycles. The highest BCUT2D eigenvalue weighted by atomic mass is 127. The normalized spacial score (nSPS) is 10.8. The molecule has 0 spiro atoms. The van der Waals surface area contributed by atoms with Crippen molar-refractivity contribution in [3.8, 4) is 0 Å². The summed E-state index contributed by atoms with van der Waals surface area (Å²) in [7, 11) is 3.76. The van der Waals surface area contributed by atoms with Gasteiger partial charge >= 0.3 is 0 Å². The Morgan fingerprint density at radius 1 is 1.08 bits per heavy atom. The highest BCUT2D eigenvalue weighted by Gasteiger charge is 2.07. The van der Waals surface area contributed by atoms with Crippen LogP contribution in [-0.2, 0) is 17.8 Å². The Morgan fingerprint density at radius 2 is 1.71 bits per heavy atom. The zero-order chi connectivity index (χ0) is 17.1. The van der Waals surface area contributed by atoms with Crippen LogP contribution in [0.4, 0.5) is 0 Å². The lowest BCUT2D eigenvalue weighted by Crippen LogP contribution is -2.40. The predicted octanol–water partition coefficient (Wildman–Crippen LogP) is 2.79. The van der Waals surface area contributed by atoms with Gasteiger partial charge in [-0.15, -0.1) is 24.0 Å². The molecular weight excluding hydrogens is 415 g/mol. The number of nitrogens with zero attached hydrogens (tertiary/aromatic N) is 2. The third-order valence-electron chi connectivity index (χ3n) is 3.63. The first-order chi connectivity index (χ1) is 11.1. The standard InChI is InChI=1S/C18H30N4O.HI/c1-5-12-20-17(23)11-13-21-18(19-3)22(4)14-16-9-7-15(6-2)8-10-16;/h7-10H,5-6,11-14H2,1-4H3,(H,19,21)(H,20,23);1H. The van der Waals surface area contributed by atoms with Gasteiger partial charge in [0.25, 0.3) is 0 Å². The molecule has 0 aliphatic rings. The van der Waals surface area contributed by atoms with E-state index in [2.05, 4.69) is 51.7 Å². The Balaban J connectivity index is 0.00000529. The van der Waals surface area contributed by atoms with Crippen LogP contribution in [0.1, 0.15) is 37.8 Å². The molecule has 1 amide bonds. The van der Waals surface area contributed by atoms with E-state index < -0.39 is 0 Å². The lowest BCUT2D eigenvalue weighted by molar-refractivity contribution is -0.120. The van der Waals surface area contributed by atoms with Gasteiger partial charge in [0, 0.05) is 40.2 Å². The van der Waals surface area contributed by atoms with Crippen molar-refractivity contribution in [3.63, 3.8) is 0 Å². The second kappa shape index (κ2) is 13.0. The minimum Gasteiger partial charge on any atom is -0.356 e. The molecular formula is C18H31IN4O. The summed E-state index contributed by atoms with van der Waals surface area (Å²) in [5.74, 6) is 0.875. The Morgan fingerprint density at radius 3 is 2.25 bits per heavy atom. The van der Waals surface area contributed by atoms with Crippen molar-refractivity contribution in [1.82, 2.24) is 15.5 Å². The molecule has 0 saturated heterocycles. The predicted molar refractivity (Wildman–Crippen MR) is 112 cm³/mol. The maximum Gasteiger partial charge on any atom is 0.221 e. The quantitative estimate of drug-likeness (QED) is 0.367. The Hall–Kier alpha value is -1.31. The lowest BCUT2D eigenvalue weighted by atomic mass is 10.1. The first-order valence-corrected chi connectivity index (χ1v) is 8.37. The van der Waals surface area contributed by atoms with Crippen molar-refractivity contribution in [1.29, 1.82) is 0 Å². The Labute approximate surface area is 163 Å². The van der Waals surface area contributed by atoms with Gasteiger partial charge < -0.3 is 15.5 Å². The summed E-state index contributed by atoms with van der Waals surface area (Å²) in [6.07, 6.45) is 2.47. The van der Waals surface area contributed by atoms with Gasteiger partial charge in [-0.1, -0.05) is 38.1 Å². The molecule has 0 saturated carbocycles. The van der Waals surface area contributed by atoms with E-state index in [9.17, 15) is 4.79 Å². The second-order valence-electron chi connectivity index (χ2n) is 5.60. The molecule has 0 radical (unpaired) electrons. The van der Waals surface area contributed by atoms with Crippen LogP contribution in [0.25, 0.3) is 0 Å². The number of hydrogen-bond donors (Lipinski definition) is 2. The number of guanidine groups is 1. The molecule has 136 valence electrons. The van der Waals surface area contributed by atoms with E-state index in [-0.39, 0.29) is 29.9 Å². The largest absolute Gasteiger partial charge is 0.356 e. The first kappa shape index (κ1) is 22.7. The number of aliphatic imine (C=N–C) groups is 1. The van der Waals surface area contributed by atoms with Gasteiger partial charge in [0.15, 0.2) is 5.96 Å². The molecule has 1 aromatic carbocycles. The van der Waals surface area contributed by atoms with Gasteiger partial charge in [0.1, 0.15) is 0 Å². The van der Waals surface area contributed by atoms with Crippen molar-refractivity contribution in [3.05, 3.63) is 35.4 Å². The summed E-state index contributed by atoms with van der Waals surface area (Å²) in [5, 5.41) is 6.11. The van der Waals surface area contributed by atoms with E-state index >= 15 is 0 Å². The van der Waals surface area contributed by atoms with Crippen LogP contribution >= 0.6 is 24.0 Å². The molecule has 0 aliphatic heterocycles. The maximum absolute atomic E-state index is 11.6. The lowest BCUT2D eigenvalue weighted by Gasteiger charge is -2.22. The highest BCUT2D eigenvalue weighted by molar-refractivity contribution is 14.0. The molecule has 0 unspecified atom stereocenters. The molecule has 2 N–H and O–H groups in total. The van der Waals surface area contributed by atoms with Gasteiger partial charge in [0.2, 0.25) is 5.91 Å². The van der Waals surface area contributed by atoms with E-state index in [1.807, 2.05) is 14.0 Å². The summed E-state index contributed by atoms with van der Waals surface area (Å²) in [6, 6.07) is 8.64. The molecule has 5 nitrogen and oxygen atoms in total. The van der Waals surface area contributed by atoms with Crippen LogP contribution in [0.2, 0.25) is 0 Å². The van der Waals surface area contributed by atoms with E-state index in [4.69, 9.17) is 0 Å². The van der Waals surface area contributed by atoms with Gasteiger partial charge in [-0.3, -0.25) is 9.79 Å². The smallest absolute Gasteiger partial charge is 0.221 e. The summed E-state index contributed by atoms with van der Waals surface area (Å²) < 4.78 is 0. The summed E-state index contributed by atoms with van der Waals surface area (Å²) in [6.45, 7) is 6.31. The zero-order valence-electron chi connectivity index (χ0n) is 15.3. The van der Waals surface area contributed by atoms with Crippen LogP contribution in [0.3, 0.4) is 0 Å². The summed E-state index contributed by atoms with van der Waals surface area (Å²) >= 11 is 0. The van der Waals surface area contributed by atoms with Crippen LogP contribution < -0.4 is 10.6 Å². The van der Waals surface area contributed by atoms with Crippen molar-refractivity contribution in [2.24, 2.45) is 4.99 Å². The van der Waals surface area contributed by atoms with Gasteiger partial charge in [-0.2, -0.15) is 0 Å². The molecule has 1 aromatic rings. The maximum atomic E-state index is 11.6. The molecule has 0 fully saturated rings. The number of benzene rings is 1. The number of rotatable bonds is 8. The van der Waals surface area contributed by atoms with Gasteiger partial charge in [-0.25, -0.2) is 0 Å². The molecule has 0 atom stereocenters. The fraction of sp³-hybridized carbons (Fsp3) is 0.556. The summed E-state index contributed by atoms with van der Waals surface area (Å²) in [5.41, 5.74) is 2.59. The SMILES string of the molecule is CCCNC(=O)CCNC(=NC)N(C)Cc1ccc(CC)cc1.I. The van der Waals surface area contributed by atoms with Crippen LogP contribution in [0, 0.1) is 0 Å². The molecule has 1 rings (SSSR count). The Bertz CT molecular complexity index is 502. The number of hydrogen-bond acceptors (Lipinski definition) is 2. The van der Waals surface area contributed by atoms with Gasteiger partial charge in [0.05, 0.1) is 0 Å². The van der Waals surface area contributed by atoms with E-state index in [1.54, 1.807) is 7.05 Å². The topological polar surface area (TPSA) is 56.7 Å². The fourth-order valence-electron chi connectivity index (χ4n) is 2.25. The molecule has 0 bridgehead atoms. The summed E-state index contributed by atoms with van der Waals surface area (Å²) in [4.78, 5) is 17.9. The zero-order valence-corrected chi connectivity index (χ0v) is 17.6. The van der Waals surface area contributed by atoms with Crippen LogP contribution in [0.5, 0.6) is 0 Å². The number of nitrogens with one attached hydrogen (secondary N) is 2. The van der Waals surface area contributed by atoms with Crippen molar-refractivity contribution in [2.75, 3.05) is 27.2 Å². The minimum atomic E-state index is 0. The van der Waals surface area contributed by atoms with Crippen molar-refractivity contribution in [2.45, 2.75) is 39.7 Å². The van der Waals surface area contributed by atoms with E-state index in [0.29, 0.717) is 13.0 Å². The third kappa shape index (κ3) is 8.52. The number of aryl methyl sites for hydroxylation is 1. The third-order valence-corrected chi connectivity index (χ3v) is 3.63. The average Bonchev–Trinajstić information content (AvgIpc) is 2.57. The number of amides is 1.